The Morgan fingerprint density at radius 3 is 1.95 bits per heavy atom. The first-order chi connectivity index (χ1) is 8.61. The van der Waals surface area contributed by atoms with E-state index in [2.05, 4.69) is 0 Å². The molecule has 0 radical (unpaired) electrons. The first kappa shape index (κ1) is 15.4. The molecule has 0 fully saturated rings. The summed E-state index contributed by atoms with van der Waals surface area (Å²) in [6.07, 6.45) is 0. The van der Waals surface area contributed by atoms with Crippen LogP contribution in [0.4, 0.5) is 0 Å². The number of rotatable bonds is 3. The zero-order valence-corrected chi connectivity index (χ0v) is 14.1. The van der Waals surface area contributed by atoms with E-state index in [1.54, 1.807) is 30.3 Å². The largest absolute Gasteiger partial charge is 0.478 e. The fraction of sp³-hybridized carbons (Fsp3) is 0. The molecule has 0 heterocycles. The Morgan fingerprint density at radius 1 is 0.789 bits per heavy atom. The SMILES string of the molecule is O=C(O)c1cccc(-c2ccccc2)c1C(=O)O.[Cd]. The minimum Gasteiger partial charge on any atom is -0.478 e. The predicted molar refractivity (Wildman–Crippen MR) is 65.8 cm³/mol. The van der Waals surface area contributed by atoms with Crippen LogP contribution in [0.25, 0.3) is 11.1 Å². The van der Waals surface area contributed by atoms with Crippen molar-refractivity contribution in [2.24, 2.45) is 0 Å². The number of carbonyl (C=O) groups is 2. The Labute approximate surface area is 129 Å². The van der Waals surface area contributed by atoms with E-state index in [0.29, 0.717) is 11.1 Å². The molecule has 0 saturated heterocycles. The Morgan fingerprint density at radius 2 is 1.42 bits per heavy atom. The Kier molecular flexibility index (Phi) is 5.23. The van der Waals surface area contributed by atoms with Crippen LogP contribution in [0, 0.1) is 0 Å². The second-order valence-electron chi connectivity index (χ2n) is 3.70. The van der Waals surface area contributed by atoms with Crippen molar-refractivity contribution in [1.29, 1.82) is 0 Å². The van der Waals surface area contributed by atoms with E-state index in [1.807, 2.05) is 6.07 Å². The van der Waals surface area contributed by atoms with Crippen LogP contribution in [0.5, 0.6) is 0 Å². The number of carboxylic acid groups (broad SMARTS) is 2. The van der Waals surface area contributed by atoms with Gasteiger partial charge in [0.05, 0.1) is 11.1 Å². The Hall–Kier alpha value is -1.70. The molecule has 2 aromatic carbocycles. The predicted octanol–water partition coefficient (Wildman–Crippen LogP) is 2.75. The molecular formula is C14H10CdO4. The summed E-state index contributed by atoms with van der Waals surface area (Å²) in [4.78, 5) is 22.3. The van der Waals surface area contributed by atoms with Gasteiger partial charge in [-0.1, -0.05) is 42.5 Å². The quantitative estimate of drug-likeness (QED) is 0.831. The van der Waals surface area contributed by atoms with E-state index in [-0.39, 0.29) is 38.4 Å². The van der Waals surface area contributed by atoms with Crippen molar-refractivity contribution < 1.29 is 47.1 Å². The molecule has 4 nitrogen and oxygen atoms in total. The van der Waals surface area contributed by atoms with Crippen LogP contribution in [-0.4, -0.2) is 22.2 Å². The normalized spacial score (nSPS) is 9.47. The Balaban J connectivity index is 0.00000180. The summed E-state index contributed by atoms with van der Waals surface area (Å²) in [6, 6.07) is 13.3. The molecule has 2 aromatic rings. The third kappa shape index (κ3) is 3.20. The fourth-order valence-corrected chi connectivity index (χ4v) is 1.82. The van der Waals surface area contributed by atoms with Gasteiger partial charge >= 0.3 is 11.9 Å². The molecule has 0 aromatic heterocycles. The monoisotopic (exact) mass is 356 g/mol. The van der Waals surface area contributed by atoms with Crippen LogP contribution >= 0.6 is 0 Å². The van der Waals surface area contributed by atoms with Crippen molar-refractivity contribution in [2.75, 3.05) is 0 Å². The fourth-order valence-electron chi connectivity index (χ4n) is 1.82. The van der Waals surface area contributed by atoms with E-state index in [9.17, 15) is 14.7 Å². The van der Waals surface area contributed by atoms with Gasteiger partial charge in [-0.15, -0.1) is 0 Å². The minimum absolute atomic E-state index is 0. The van der Waals surface area contributed by atoms with E-state index in [0.717, 1.165) is 0 Å². The first-order valence-electron chi connectivity index (χ1n) is 5.26. The third-order valence-corrected chi connectivity index (χ3v) is 2.59. The molecule has 0 aliphatic carbocycles. The van der Waals surface area contributed by atoms with E-state index >= 15 is 0 Å². The van der Waals surface area contributed by atoms with E-state index in [4.69, 9.17) is 5.11 Å². The smallest absolute Gasteiger partial charge is 0.337 e. The summed E-state index contributed by atoms with van der Waals surface area (Å²) in [5, 5.41) is 18.2. The molecule has 5 heteroatoms. The van der Waals surface area contributed by atoms with E-state index < -0.39 is 11.9 Å². The number of hydrogen-bond donors (Lipinski definition) is 2. The summed E-state index contributed by atoms with van der Waals surface area (Å²) >= 11 is 0. The molecule has 2 rings (SSSR count). The first-order valence-corrected chi connectivity index (χ1v) is 5.26. The van der Waals surface area contributed by atoms with Gasteiger partial charge in [-0.2, -0.15) is 0 Å². The van der Waals surface area contributed by atoms with Gasteiger partial charge in [-0.05, 0) is 17.2 Å². The van der Waals surface area contributed by atoms with Crippen LogP contribution in [-0.2, 0) is 27.3 Å². The van der Waals surface area contributed by atoms with Crippen molar-refractivity contribution in [3.05, 3.63) is 59.7 Å². The van der Waals surface area contributed by atoms with Crippen molar-refractivity contribution in [2.45, 2.75) is 0 Å². The summed E-state index contributed by atoms with van der Waals surface area (Å²) in [7, 11) is 0. The molecule has 0 bridgehead atoms. The number of aromatic carboxylic acids is 2. The zero-order chi connectivity index (χ0) is 13.1. The molecule has 0 amide bonds. The maximum Gasteiger partial charge on any atom is 0.337 e. The summed E-state index contributed by atoms with van der Waals surface area (Å²) in [5.41, 5.74) is 0.695. The summed E-state index contributed by atoms with van der Waals surface area (Å²) < 4.78 is 0. The van der Waals surface area contributed by atoms with Gasteiger partial charge in [-0.3, -0.25) is 0 Å². The van der Waals surface area contributed by atoms with Crippen molar-refractivity contribution in [1.82, 2.24) is 0 Å². The molecule has 0 unspecified atom stereocenters. The molecule has 0 saturated carbocycles. The second-order valence-corrected chi connectivity index (χ2v) is 3.70. The van der Waals surface area contributed by atoms with Gasteiger partial charge < -0.3 is 10.2 Å². The number of carboxylic acids is 2. The van der Waals surface area contributed by atoms with Crippen LogP contribution < -0.4 is 0 Å². The average Bonchev–Trinajstić information content (AvgIpc) is 2.38. The second kappa shape index (κ2) is 6.46. The number of benzene rings is 2. The van der Waals surface area contributed by atoms with Crippen molar-refractivity contribution in [3.63, 3.8) is 0 Å². The minimum atomic E-state index is -1.25. The molecule has 92 valence electrons. The molecular weight excluding hydrogens is 345 g/mol. The van der Waals surface area contributed by atoms with Gasteiger partial charge in [0.15, 0.2) is 0 Å². The van der Waals surface area contributed by atoms with E-state index in [1.165, 1.54) is 12.1 Å². The topological polar surface area (TPSA) is 74.6 Å². The maximum absolute atomic E-state index is 11.3. The number of hydrogen-bond acceptors (Lipinski definition) is 2. The standard InChI is InChI=1S/C14H10O4.Cd/c15-13(16)11-8-4-7-10(12(11)14(17)18)9-5-2-1-3-6-9;/h1-8H,(H,15,16)(H,17,18);. The van der Waals surface area contributed by atoms with Crippen molar-refractivity contribution in [3.8, 4) is 11.1 Å². The van der Waals surface area contributed by atoms with Crippen LogP contribution in [0.1, 0.15) is 20.7 Å². The van der Waals surface area contributed by atoms with Gasteiger partial charge in [0.25, 0.3) is 0 Å². The van der Waals surface area contributed by atoms with Gasteiger partial charge in [0, 0.05) is 27.3 Å². The molecule has 2 N–H and O–H groups in total. The molecule has 19 heavy (non-hydrogen) atoms. The average molecular weight is 355 g/mol. The van der Waals surface area contributed by atoms with Crippen LogP contribution in [0.2, 0.25) is 0 Å². The van der Waals surface area contributed by atoms with Crippen LogP contribution in [0.15, 0.2) is 48.5 Å². The molecule has 0 atom stereocenters. The van der Waals surface area contributed by atoms with Gasteiger partial charge in [0.1, 0.15) is 0 Å². The third-order valence-electron chi connectivity index (χ3n) is 2.59. The maximum atomic E-state index is 11.3. The van der Waals surface area contributed by atoms with Gasteiger partial charge in [0.2, 0.25) is 0 Å². The van der Waals surface area contributed by atoms with Crippen molar-refractivity contribution >= 4 is 11.9 Å². The molecule has 0 aliphatic rings. The molecule has 0 spiro atoms. The summed E-state index contributed by atoms with van der Waals surface area (Å²) in [5.74, 6) is -2.49. The summed E-state index contributed by atoms with van der Waals surface area (Å²) in [6.45, 7) is 0. The zero-order valence-electron chi connectivity index (χ0n) is 10.0. The van der Waals surface area contributed by atoms with Gasteiger partial charge in [-0.25, -0.2) is 9.59 Å². The Bertz CT molecular complexity index is 608. The molecule has 0 aliphatic heterocycles. The van der Waals surface area contributed by atoms with Crippen LogP contribution in [0.3, 0.4) is 0 Å².